The molecule has 4 nitrogen and oxygen atoms in total. The van der Waals surface area contributed by atoms with Crippen molar-refractivity contribution in [2.45, 2.75) is 44.6 Å². The first-order chi connectivity index (χ1) is 10.5. The molecule has 2 bridgehead atoms. The van der Waals surface area contributed by atoms with Gasteiger partial charge in [0.15, 0.2) is 0 Å². The van der Waals surface area contributed by atoms with Gasteiger partial charge in [-0.25, -0.2) is 0 Å². The molecule has 4 atom stereocenters. The van der Waals surface area contributed by atoms with Crippen LogP contribution in [0.15, 0.2) is 30.3 Å². The second-order valence-corrected chi connectivity index (χ2v) is 7.04. The number of hydrogen-bond acceptors (Lipinski definition) is 2. The summed E-state index contributed by atoms with van der Waals surface area (Å²) in [6.45, 7) is 1.68. The third kappa shape index (κ3) is 2.74. The van der Waals surface area contributed by atoms with E-state index in [0.29, 0.717) is 18.3 Å². The van der Waals surface area contributed by atoms with Crippen LogP contribution in [0.4, 0.5) is 0 Å². The SMILES string of the molecule is C[C@@](NC(=O)C[C@@H]1C[C@H]2CC[C@H]1C2)(C(N)=O)c1ccccc1. The average molecular weight is 300 g/mol. The minimum atomic E-state index is -1.14. The van der Waals surface area contributed by atoms with Crippen LogP contribution in [0.3, 0.4) is 0 Å². The zero-order valence-corrected chi connectivity index (χ0v) is 13.0. The van der Waals surface area contributed by atoms with E-state index in [2.05, 4.69) is 5.32 Å². The van der Waals surface area contributed by atoms with Gasteiger partial charge in [0.25, 0.3) is 0 Å². The summed E-state index contributed by atoms with van der Waals surface area (Å²) >= 11 is 0. The van der Waals surface area contributed by atoms with Crippen molar-refractivity contribution in [1.29, 1.82) is 0 Å². The number of fused-ring (bicyclic) bond motifs is 2. The highest BCUT2D eigenvalue weighted by molar-refractivity contribution is 5.91. The first kappa shape index (κ1) is 15.1. The summed E-state index contributed by atoms with van der Waals surface area (Å²) in [5, 5.41) is 2.88. The molecular weight excluding hydrogens is 276 g/mol. The number of amides is 2. The fourth-order valence-electron chi connectivity index (χ4n) is 4.24. The van der Waals surface area contributed by atoms with Crippen LogP contribution in [0.1, 0.15) is 44.6 Å². The van der Waals surface area contributed by atoms with Crippen LogP contribution in [-0.2, 0) is 15.1 Å². The number of primary amides is 1. The van der Waals surface area contributed by atoms with Crippen LogP contribution in [-0.4, -0.2) is 11.8 Å². The third-order valence-electron chi connectivity index (χ3n) is 5.57. The topological polar surface area (TPSA) is 72.2 Å². The first-order valence-electron chi connectivity index (χ1n) is 8.15. The van der Waals surface area contributed by atoms with Crippen molar-refractivity contribution in [1.82, 2.24) is 5.32 Å². The zero-order valence-electron chi connectivity index (χ0n) is 13.0. The van der Waals surface area contributed by atoms with Crippen molar-refractivity contribution in [2.75, 3.05) is 0 Å². The van der Waals surface area contributed by atoms with Crippen molar-refractivity contribution in [3.8, 4) is 0 Å². The maximum absolute atomic E-state index is 12.4. The predicted octanol–water partition coefficient (Wildman–Crippen LogP) is 2.33. The van der Waals surface area contributed by atoms with Crippen LogP contribution in [0, 0.1) is 17.8 Å². The summed E-state index contributed by atoms with van der Waals surface area (Å²) in [5.74, 6) is 1.40. The van der Waals surface area contributed by atoms with E-state index >= 15 is 0 Å². The molecule has 2 saturated carbocycles. The van der Waals surface area contributed by atoms with Crippen LogP contribution in [0.5, 0.6) is 0 Å². The summed E-state index contributed by atoms with van der Waals surface area (Å²) in [5.41, 5.74) is 5.15. The Kier molecular flexibility index (Phi) is 3.94. The smallest absolute Gasteiger partial charge is 0.247 e. The van der Waals surface area contributed by atoms with E-state index in [1.165, 1.54) is 19.3 Å². The standard InChI is InChI=1S/C18H24N2O2/c1-18(17(19)22,15-5-3-2-4-6-15)20-16(21)11-14-10-12-7-8-13(14)9-12/h2-6,12-14H,7-11H2,1H3,(H2,19,22)(H,20,21)/t12-,13-,14-,18-/m0/s1. The molecular formula is C18H24N2O2. The van der Waals surface area contributed by atoms with Crippen molar-refractivity contribution >= 4 is 11.8 Å². The Balaban J connectivity index is 1.69. The highest BCUT2D eigenvalue weighted by Crippen LogP contribution is 2.49. The molecule has 0 aromatic heterocycles. The van der Waals surface area contributed by atoms with Crippen molar-refractivity contribution in [2.24, 2.45) is 23.5 Å². The van der Waals surface area contributed by atoms with Crippen LogP contribution < -0.4 is 11.1 Å². The molecule has 22 heavy (non-hydrogen) atoms. The van der Waals surface area contributed by atoms with E-state index in [1.807, 2.05) is 30.3 Å². The molecule has 1 aromatic carbocycles. The largest absolute Gasteiger partial charge is 0.367 e. The number of nitrogens with one attached hydrogen (secondary N) is 1. The quantitative estimate of drug-likeness (QED) is 0.876. The molecule has 4 heteroatoms. The summed E-state index contributed by atoms with van der Waals surface area (Å²) in [4.78, 5) is 24.4. The molecule has 0 unspecified atom stereocenters. The van der Waals surface area contributed by atoms with Crippen LogP contribution in [0.25, 0.3) is 0 Å². The van der Waals surface area contributed by atoms with Gasteiger partial charge in [-0.05, 0) is 49.5 Å². The Hall–Kier alpha value is -1.84. The van der Waals surface area contributed by atoms with Gasteiger partial charge < -0.3 is 11.1 Å². The Morgan fingerprint density at radius 1 is 1.23 bits per heavy atom. The monoisotopic (exact) mass is 300 g/mol. The van der Waals surface area contributed by atoms with E-state index in [4.69, 9.17) is 5.73 Å². The average Bonchev–Trinajstić information content (AvgIpc) is 3.10. The minimum absolute atomic E-state index is 0.0669. The van der Waals surface area contributed by atoms with Gasteiger partial charge in [-0.2, -0.15) is 0 Å². The Morgan fingerprint density at radius 2 is 1.95 bits per heavy atom. The molecule has 3 N–H and O–H groups in total. The van der Waals surface area contributed by atoms with Crippen molar-refractivity contribution < 1.29 is 9.59 Å². The van der Waals surface area contributed by atoms with E-state index in [-0.39, 0.29) is 5.91 Å². The molecule has 0 saturated heterocycles. The summed E-state index contributed by atoms with van der Waals surface area (Å²) in [6.07, 6.45) is 5.54. The Bertz CT molecular complexity index is 572. The molecule has 3 rings (SSSR count). The lowest BCUT2D eigenvalue weighted by Gasteiger charge is -2.29. The highest BCUT2D eigenvalue weighted by Gasteiger charge is 2.41. The molecule has 0 heterocycles. The molecule has 1 aromatic rings. The Labute approximate surface area is 131 Å². The molecule has 2 aliphatic rings. The van der Waals surface area contributed by atoms with Gasteiger partial charge in [-0.3, -0.25) is 9.59 Å². The lowest BCUT2D eigenvalue weighted by molar-refractivity contribution is -0.132. The third-order valence-corrected chi connectivity index (χ3v) is 5.57. The van der Waals surface area contributed by atoms with Crippen LogP contribution >= 0.6 is 0 Å². The summed E-state index contributed by atoms with van der Waals surface area (Å²) in [6, 6.07) is 9.21. The number of benzene rings is 1. The van der Waals surface area contributed by atoms with Gasteiger partial charge in [-0.1, -0.05) is 36.8 Å². The predicted molar refractivity (Wildman–Crippen MR) is 84.7 cm³/mol. The van der Waals surface area contributed by atoms with Gasteiger partial charge in [0, 0.05) is 6.42 Å². The van der Waals surface area contributed by atoms with E-state index in [1.54, 1.807) is 6.92 Å². The number of carbonyl (C=O) groups excluding carboxylic acids is 2. The maximum atomic E-state index is 12.4. The van der Waals surface area contributed by atoms with Crippen molar-refractivity contribution in [3.05, 3.63) is 35.9 Å². The van der Waals surface area contributed by atoms with Crippen LogP contribution in [0.2, 0.25) is 0 Å². The fourth-order valence-corrected chi connectivity index (χ4v) is 4.24. The lowest BCUT2D eigenvalue weighted by Crippen LogP contribution is -2.53. The van der Waals surface area contributed by atoms with E-state index in [9.17, 15) is 9.59 Å². The maximum Gasteiger partial charge on any atom is 0.247 e. The number of rotatable bonds is 5. The second kappa shape index (κ2) is 5.75. The number of carbonyl (C=O) groups is 2. The minimum Gasteiger partial charge on any atom is -0.367 e. The summed E-state index contributed by atoms with van der Waals surface area (Å²) < 4.78 is 0. The van der Waals surface area contributed by atoms with E-state index in [0.717, 1.165) is 17.9 Å². The molecule has 118 valence electrons. The van der Waals surface area contributed by atoms with Gasteiger partial charge in [-0.15, -0.1) is 0 Å². The van der Waals surface area contributed by atoms with Gasteiger partial charge in [0.2, 0.25) is 11.8 Å². The lowest BCUT2D eigenvalue weighted by atomic mass is 9.85. The summed E-state index contributed by atoms with van der Waals surface area (Å²) in [7, 11) is 0. The second-order valence-electron chi connectivity index (χ2n) is 7.04. The number of hydrogen-bond donors (Lipinski definition) is 2. The zero-order chi connectivity index (χ0) is 15.7. The normalized spacial score (nSPS) is 29.0. The molecule has 0 spiro atoms. The fraction of sp³-hybridized carbons (Fsp3) is 0.556. The van der Waals surface area contributed by atoms with Gasteiger partial charge in [0.05, 0.1) is 0 Å². The van der Waals surface area contributed by atoms with Crippen molar-refractivity contribution in [3.63, 3.8) is 0 Å². The number of nitrogens with two attached hydrogens (primary N) is 1. The Morgan fingerprint density at radius 3 is 2.50 bits per heavy atom. The van der Waals surface area contributed by atoms with Gasteiger partial charge >= 0.3 is 0 Å². The highest BCUT2D eigenvalue weighted by atomic mass is 16.2. The molecule has 0 radical (unpaired) electrons. The molecule has 0 aliphatic heterocycles. The van der Waals surface area contributed by atoms with E-state index < -0.39 is 11.4 Å². The molecule has 2 fully saturated rings. The molecule has 2 aliphatic carbocycles. The first-order valence-corrected chi connectivity index (χ1v) is 8.15. The molecule has 2 amide bonds. The van der Waals surface area contributed by atoms with Gasteiger partial charge in [0.1, 0.15) is 5.54 Å².